The van der Waals surface area contributed by atoms with Crippen molar-refractivity contribution in [2.75, 3.05) is 19.5 Å². The van der Waals surface area contributed by atoms with E-state index in [1.807, 2.05) is 24.3 Å². The summed E-state index contributed by atoms with van der Waals surface area (Å²) < 4.78 is 16.5. The van der Waals surface area contributed by atoms with E-state index in [0.29, 0.717) is 54.8 Å². The van der Waals surface area contributed by atoms with Crippen molar-refractivity contribution in [2.24, 2.45) is 0 Å². The largest absolute Gasteiger partial charge is 0.496 e. The van der Waals surface area contributed by atoms with Crippen LogP contribution in [0.15, 0.2) is 67.0 Å². The van der Waals surface area contributed by atoms with Crippen molar-refractivity contribution < 1.29 is 19.0 Å². The minimum atomic E-state index is -0.380. The summed E-state index contributed by atoms with van der Waals surface area (Å²) in [6, 6.07) is 15.9. The molecule has 11 heteroatoms. The van der Waals surface area contributed by atoms with Gasteiger partial charge in [0.05, 0.1) is 37.2 Å². The van der Waals surface area contributed by atoms with Gasteiger partial charge < -0.3 is 14.2 Å². The summed E-state index contributed by atoms with van der Waals surface area (Å²) >= 11 is 7.30. The van der Waals surface area contributed by atoms with Crippen LogP contribution in [-0.4, -0.2) is 40.3 Å². The summed E-state index contributed by atoms with van der Waals surface area (Å²) in [6.07, 6.45) is 2.94. The molecule has 3 aromatic heterocycles. The van der Waals surface area contributed by atoms with Crippen molar-refractivity contribution >= 4 is 44.3 Å². The summed E-state index contributed by atoms with van der Waals surface area (Å²) in [7, 11) is 3.10. The van der Waals surface area contributed by atoms with Crippen molar-refractivity contribution in [3.8, 4) is 34.3 Å². The summed E-state index contributed by atoms with van der Waals surface area (Å²) in [5.74, 6) is 1.63. The lowest BCUT2D eigenvalue weighted by Crippen LogP contribution is -2.14. The molecular formula is C25H18ClN5O4S. The molecule has 1 N–H and O–H groups in total. The number of ether oxygens (including phenoxy) is 3. The molecule has 3 heterocycles. The maximum absolute atomic E-state index is 13.2. The predicted molar refractivity (Wildman–Crippen MR) is 137 cm³/mol. The number of hydrogen-bond donors (Lipinski definition) is 1. The highest BCUT2D eigenvalue weighted by molar-refractivity contribution is 7.22. The number of carbonyl (C=O) groups excluding carboxylic acids is 1. The Bertz CT molecular complexity index is 1580. The molecule has 0 saturated heterocycles. The molecule has 180 valence electrons. The van der Waals surface area contributed by atoms with Crippen LogP contribution in [0, 0.1) is 0 Å². The van der Waals surface area contributed by atoms with Gasteiger partial charge in [0.25, 0.3) is 5.91 Å². The van der Waals surface area contributed by atoms with Gasteiger partial charge in [0.1, 0.15) is 27.6 Å². The highest BCUT2D eigenvalue weighted by Gasteiger charge is 2.18. The lowest BCUT2D eigenvalue weighted by Gasteiger charge is -2.11. The molecule has 5 rings (SSSR count). The van der Waals surface area contributed by atoms with Crippen LogP contribution < -0.4 is 19.5 Å². The topological polar surface area (TPSA) is 108 Å². The average molecular weight is 520 g/mol. The molecule has 36 heavy (non-hydrogen) atoms. The van der Waals surface area contributed by atoms with E-state index >= 15 is 0 Å². The first kappa shape index (κ1) is 23.5. The Morgan fingerprint density at radius 1 is 0.917 bits per heavy atom. The Hall–Kier alpha value is -4.28. The molecular weight excluding hydrogens is 502 g/mol. The number of fused-ring (bicyclic) bond motifs is 1. The van der Waals surface area contributed by atoms with E-state index in [2.05, 4.69) is 25.5 Å². The van der Waals surface area contributed by atoms with Crippen LogP contribution in [-0.2, 0) is 0 Å². The molecule has 0 aliphatic carbocycles. The van der Waals surface area contributed by atoms with E-state index < -0.39 is 0 Å². The second kappa shape index (κ2) is 10.1. The van der Waals surface area contributed by atoms with E-state index in [0.717, 1.165) is 5.56 Å². The number of halogens is 1. The number of nitrogens with zero attached hydrogens (tertiary/aromatic N) is 4. The fourth-order valence-electron chi connectivity index (χ4n) is 3.48. The first-order chi connectivity index (χ1) is 17.6. The average Bonchev–Trinajstić information content (AvgIpc) is 3.31. The number of pyridine rings is 1. The molecule has 2 aromatic carbocycles. The molecule has 5 aromatic rings. The highest BCUT2D eigenvalue weighted by atomic mass is 35.5. The molecule has 0 bridgehead atoms. The van der Waals surface area contributed by atoms with Crippen molar-refractivity contribution in [3.63, 3.8) is 0 Å². The third kappa shape index (κ3) is 4.77. The van der Waals surface area contributed by atoms with Gasteiger partial charge in [-0.15, -0.1) is 0 Å². The third-order valence-electron chi connectivity index (χ3n) is 5.17. The number of carbonyl (C=O) groups is 1. The smallest absolute Gasteiger partial charge is 0.259 e. The molecule has 1 amide bonds. The van der Waals surface area contributed by atoms with Crippen LogP contribution >= 0.6 is 22.9 Å². The lowest BCUT2D eigenvalue weighted by atomic mass is 10.0. The molecule has 0 atom stereocenters. The van der Waals surface area contributed by atoms with Gasteiger partial charge in [-0.2, -0.15) is 10.2 Å². The van der Waals surface area contributed by atoms with Gasteiger partial charge >= 0.3 is 0 Å². The highest BCUT2D eigenvalue weighted by Crippen LogP contribution is 2.34. The number of benzene rings is 2. The standard InChI is InChI=1S/C25H18ClN5O4S/c1-33-20-6-4-3-5-15(20)16-12-27-28-13-17(16)23(32)31-25-29-19-9-10-22(30-24(19)36-25)35-14-7-8-18(26)21(11-14)34-2/h3-13H,1-2H3,(H,29,31,32). The Morgan fingerprint density at radius 2 is 1.72 bits per heavy atom. The summed E-state index contributed by atoms with van der Waals surface area (Å²) in [4.78, 5) is 22.7. The van der Waals surface area contributed by atoms with E-state index in [4.69, 9.17) is 25.8 Å². The van der Waals surface area contributed by atoms with Crippen molar-refractivity contribution in [3.05, 3.63) is 77.6 Å². The number of rotatable bonds is 7. The fraction of sp³-hybridized carbons (Fsp3) is 0.0800. The van der Waals surface area contributed by atoms with Crippen LogP contribution in [0.25, 0.3) is 21.5 Å². The van der Waals surface area contributed by atoms with Gasteiger partial charge in [-0.25, -0.2) is 9.97 Å². The summed E-state index contributed by atoms with van der Waals surface area (Å²) in [6.45, 7) is 0. The monoisotopic (exact) mass is 519 g/mol. The third-order valence-corrected chi connectivity index (χ3v) is 6.36. The van der Waals surface area contributed by atoms with E-state index in [-0.39, 0.29) is 5.91 Å². The van der Waals surface area contributed by atoms with Crippen LogP contribution in [0.4, 0.5) is 5.13 Å². The molecule has 0 spiro atoms. The zero-order chi connectivity index (χ0) is 25.1. The first-order valence-electron chi connectivity index (χ1n) is 10.6. The Balaban J connectivity index is 1.39. The maximum atomic E-state index is 13.2. The van der Waals surface area contributed by atoms with E-state index in [1.165, 1.54) is 30.8 Å². The second-order valence-electron chi connectivity index (χ2n) is 7.36. The number of hydrogen-bond acceptors (Lipinski definition) is 9. The Labute approximate surface area is 214 Å². The molecule has 0 saturated carbocycles. The maximum Gasteiger partial charge on any atom is 0.259 e. The van der Waals surface area contributed by atoms with Gasteiger partial charge in [0.15, 0.2) is 5.13 Å². The van der Waals surface area contributed by atoms with Crippen molar-refractivity contribution in [1.82, 2.24) is 20.2 Å². The normalized spacial score (nSPS) is 10.8. The number of anilines is 1. The van der Waals surface area contributed by atoms with E-state index in [1.54, 1.807) is 37.4 Å². The van der Waals surface area contributed by atoms with Gasteiger partial charge in [-0.05, 0) is 24.3 Å². The lowest BCUT2D eigenvalue weighted by molar-refractivity contribution is 0.102. The van der Waals surface area contributed by atoms with Gasteiger partial charge in [0, 0.05) is 23.3 Å². The predicted octanol–water partition coefficient (Wildman–Crippen LogP) is 5.86. The van der Waals surface area contributed by atoms with Crippen LogP contribution in [0.3, 0.4) is 0 Å². The van der Waals surface area contributed by atoms with Gasteiger partial charge in [0.2, 0.25) is 5.88 Å². The number of thiazole rings is 1. The van der Waals surface area contributed by atoms with Crippen molar-refractivity contribution in [1.29, 1.82) is 0 Å². The van der Waals surface area contributed by atoms with Gasteiger partial charge in [-0.1, -0.05) is 41.1 Å². The fourth-order valence-corrected chi connectivity index (χ4v) is 4.50. The molecule has 0 fully saturated rings. The first-order valence-corrected chi connectivity index (χ1v) is 11.8. The molecule has 0 aliphatic rings. The van der Waals surface area contributed by atoms with Crippen LogP contribution in [0.5, 0.6) is 23.1 Å². The quantitative estimate of drug-likeness (QED) is 0.284. The minimum Gasteiger partial charge on any atom is -0.496 e. The van der Waals surface area contributed by atoms with Crippen LogP contribution in [0.1, 0.15) is 10.4 Å². The number of methoxy groups -OCH3 is 2. The minimum absolute atomic E-state index is 0.336. The molecule has 0 unspecified atom stereocenters. The number of nitrogens with one attached hydrogen (secondary N) is 1. The second-order valence-corrected chi connectivity index (χ2v) is 8.75. The molecule has 0 radical (unpaired) electrons. The number of aromatic nitrogens is 4. The number of para-hydroxylation sites is 1. The summed E-state index contributed by atoms with van der Waals surface area (Å²) in [5.41, 5.74) is 2.27. The van der Waals surface area contributed by atoms with Crippen LogP contribution in [0.2, 0.25) is 5.02 Å². The molecule has 9 nitrogen and oxygen atoms in total. The Morgan fingerprint density at radius 3 is 2.56 bits per heavy atom. The number of amides is 1. The molecule has 0 aliphatic heterocycles. The van der Waals surface area contributed by atoms with Gasteiger partial charge in [-0.3, -0.25) is 10.1 Å². The van der Waals surface area contributed by atoms with E-state index in [9.17, 15) is 4.79 Å². The van der Waals surface area contributed by atoms with Crippen molar-refractivity contribution in [2.45, 2.75) is 0 Å². The summed E-state index contributed by atoms with van der Waals surface area (Å²) in [5, 5.41) is 11.5. The zero-order valence-corrected chi connectivity index (χ0v) is 20.6. The zero-order valence-electron chi connectivity index (χ0n) is 19.1. The SMILES string of the molecule is COc1cc(Oc2ccc3nc(NC(=O)c4cnncc4-c4ccccc4OC)sc3n2)ccc1Cl. The Kier molecular flexibility index (Phi) is 6.61.